The number of hydrogen-bond acceptors (Lipinski definition) is 4. The van der Waals surface area contributed by atoms with Crippen LogP contribution in [0, 0.1) is 0 Å². The van der Waals surface area contributed by atoms with Gasteiger partial charge in [-0.25, -0.2) is 4.79 Å². The van der Waals surface area contributed by atoms with Gasteiger partial charge in [0.1, 0.15) is 5.75 Å². The number of esters is 1. The Morgan fingerprint density at radius 3 is 3.00 bits per heavy atom. The van der Waals surface area contributed by atoms with Gasteiger partial charge in [0.15, 0.2) is 0 Å². The molecule has 0 unspecified atom stereocenters. The van der Waals surface area contributed by atoms with E-state index in [0.29, 0.717) is 36.3 Å². The van der Waals surface area contributed by atoms with Crippen LogP contribution in [0.5, 0.6) is 5.75 Å². The molecule has 3 rings (SSSR count). The first-order valence-corrected chi connectivity index (χ1v) is 7.25. The summed E-state index contributed by atoms with van der Waals surface area (Å²) in [7, 11) is 0. The quantitative estimate of drug-likeness (QED) is 0.698. The largest absolute Gasteiger partial charge is 0.423 e. The molecule has 0 fully saturated rings. The Hall–Kier alpha value is -2.69. The first-order chi connectivity index (χ1) is 10.7. The number of hydrogen-bond donors (Lipinski definition) is 1. The maximum absolute atomic E-state index is 12.3. The molecule has 1 aliphatic rings. The van der Waals surface area contributed by atoms with Gasteiger partial charge in [0.25, 0.3) is 0 Å². The number of amides is 1. The van der Waals surface area contributed by atoms with Crippen LogP contribution in [-0.4, -0.2) is 16.9 Å². The second-order valence-corrected chi connectivity index (χ2v) is 5.14. The van der Waals surface area contributed by atoms with Crippen molar-refractivity contribution in [2.75, 3.05) is 5.32 Å². The highest BCUT2D eigenvalue weighted by Crippen LogP contribution is 2.27. The molecular formula is C17H16N2O3. The van der Waals surface area contributed by atoms with Crippen LogP contribution < -0.4 is 10.1 Å². The second-order valence-electron chi connectivity index (χ2n) is 5.14. The van der Waals surface area contributed by atoms with Gasteiger partial charge in [-0.05, 0) is 36.1 Å². The minimum Gasteiger partial charge on any atom is -0.423 e. The van der Waals surface area contributed by atoms with Crippen LogP contribution in [0.2, 0.25) is 0 Å². The molecule has 112 valence electrons. The van der Waals surface area contributed by atoms with Crippen molar-refractivity contribution in [3.05, 3.63) is 53.3 Å². The van der Waals surface area contributed by atoms with E-state index in [-0.39, 0.29) is 5.91 Å². The number of ether oxygens (including phenoxy) is 1. The lowest BCUT2D eigenvalue weighted by molar-refractivity contribution is -0.116. The number of nitrogens with one attached hydrogen (secondary N) is 1. The van der Waals surface area contributed by atoms with Gasteiger partial charge >= 0.3 is 5.97 Å². The van der Waals surface area contributed by atoms with E-state index in [1.807, 2.05) is 13.0 Å². The zero-order valence-electron chi connectivity index (χ0n) is 12.3. The summed E-state index contributed by atoms with van der Waals surface area (Å²) in [6.07, 6.45) is 5.15. The number of anilines is 1. The van der Waals surface area contributed by atoms with Crippen molar-refractivity contribution in [2.45, 2.75) is 26.2 Å². The molecule has 0 saturated heterocycles. The number of nitrogens with zero attached hydrogens (tertiary/aromatic N) is 1. The molecule has 2 aromatic rings. The maximum atomic E-state index is 12.3. The maximum Gasteiger partial charge on any atom is 0.343 e. The fraction of sp³-hybridized carbons (Fsp3) is 0.235. The van der Waals surface area contributed by atoms with E-state index in [9.17, 15) is 9.59 Å². The highest BCUT2D eigenvalue weighted by Gasteiger charge is 2.17. The van der Waals surface area contributed by atoms with Crippen molar-refractivity contribution in [3.63, 3.8) is 0 Å². The van der Waals surface area contributed by atoms with Crippen LogP contribution in [0.25, 0.3) is 0 Å². The molecule has 0 radical (unpaired) electrons. The third-order valence-electron chi connectivity index (χ3n) is 3.69. The smallest absolute Gasteiger partial charge is 0.343 e. The average Bonchev–Trinajstić information content (AvgIpc) is 2.54. The monoisotopic (exact) mass is 296 g/mol. The fourth-order valence-electron chi connectivity index (χ4n) is 2.48. The topological polar surface area (TPSA) is 68.3 Å². The normalized spacial score (nSPS) is 13.2. The van der Waals surface area contributed by atoms with Crippen molar-refractivity contribution in [3.8, 4) is 5.75 Å². The Kier molecular flexibility index (Phi) is 3.87. The van der Waals surface area contributed by atoms with Crippen molar-refractivity contribution in [1.29, 1.82) is 0 Å². The summed E-state index contributed by atoms with van der Waals surface area (Å²) < 4.78 is 5.43. The van der Waals surface area contributed by atoms with Gasteiger partial charge in [-0.1, -0.05) is 13.0 Å². The van der Waals surface area contributed by atoms with Crippen molar-refractivity contribution in [1.82, 2.24) is 4.98 Å². The molecule has 0 saturated carbocycles. The number of aromatic nitrogens is 1. The second kappa shape index (κ2) is 5.97. The van der Waals surface area contributed by atoms with Crippen molar-refractivity contribution >= 4 is 17.6 Å². The van der Waals surface area contributed by atoms with E-state index in [4.69, 9.17) is 4.74 Å². The molecule has 0 bridgehead atoms. The number of carbonyl (C=O) groups is 2. The number of benzene rings is 1. The summed E-state index contributed by atoms with van der Waals surface area (Å²) in [6.45, 7) is 1.96. The van der Waals surface area contributed by atoms with E-state index < -0.39 is 5.97 Å². The van der Waals surface area contributed by atoms with Crippen LogP contribution in [0.4, 0.5) is 5.69 Å². The summed E-state index contributed by atoms with van der Waals surface area (Å²) in [5.74, 6) is -0.00969. The zero-order chi connectivity index (χ0) is 15.5. The van der Waals surface area contributed by atoms with Crippen LogP contribution in [0.1, 0.15) is 34.8 Å². The van der Waals surface area contributed by atoms with Crippen LogP contribution >= 0.6 is 0 Å². The number of pyridine rings is 1. The van der Waals surface area contributed by atoms with Gasteiger partial charge < -0.3 is 10.1 Å². The van der Waals surface area contributed by atoms with Crippen molar-refractivity contribution in [2.24, 2.45) is 0 Å². The van der Waals surface area contributed by atoms with Gasteiger partial charge in [0, 0.05) is 30.6 Å². The molecule has 1 aromatic heterocycles. The summed E-state index contributed by atoms with van der Waals surface area (Å²) in [5.41, 5.74) is 3.13. The van der Waals surface area contributed by atoms with E-state index in [2.05, 4.69) is 10.3 Å². The molecular weight excluding hydrogens is 280 g/mol. The summed E-state index contributed by atoms with van der Waals surface area (Å²) >= 11 is 0. The first kappa shape index (κ1) is 14.3. The minimum atomic E-state index is -0.415. The predicted molar refractivity (Wildman–Crippen MR) is 82.0 cm³/mol. The van der Waals surface area contributed by atoms with Crippen LogP contribution in [0.3, 0.4) is 0 Å². The summed E-state index contributed by atoms with van der Waals surface area (Å²) in [5, 5.41) is 2.80. The Bertz CT molecular complexity index is 740. The first-order valence-electron chi connectivity index (χ1n) is 7.25. The molecule has 0 aliphatic carbocycles. The Labute approximate surface area is 128 Å². The van der Waals surface area contributed by atoms with Gasteiger partial charge in [-0.3, -0.25) is 9.78 Å². The SMILES string of the molecule is CCc1cnccc1C(=O)Oc1ccc2c(c1)NC(=O)CC2. The summed E-state index contributed by atoms with van der Waals surface area (Å²) in [6, 6.07) is 6.98. The Balaban J connectivity index is 1.82. The molecule has 1 amide bonds. The Morgan fingerprint density at radius 2 is 2.18 bits per heavy atom. The molecule has 0 spiro atoms. The van der Waals surface area contributed by atoms with Crippen molar-refractivity contribution < 1.29 is 14.3 Å². The van der Waals surface area contributed by atoms with Gasteiger partial charge in [-0.2, -0.15) is 0 Å². The highest BCUT2D eigenvalue weighted by molar-refractivity contribution is 5.95. The third kappa shape index (κ3) is 2.83. The molecule has 5 heteroatoms. The van der Waals surface area contributed by atoms with E-state index in [1.54, 1.807) is 30.6 Å². The standard InChI is InChI=1S/C17H16N2O3/c1-2-11-10-18-8-7-14(11)17(21)22-13-5-3-12-4-6-16(20)19-15(12)9-13/h3,5,7-10H,2,4,6H2,1H3,(H,19,20). The van der Waals surface area contributed by atoms with Crippen LogP contribution in [-0.2, 0) is 17.6 Å². The molecule has 2 heterocycles. The lowest BCUT2D eigenvalue weighted by atomic mass is 10.0. The molecule has 1 aromatic carbocycles. The third-order valence-corrected chi connectivity index (χ3v) is 3.69. The Morgan fingerprint density at radius 1 is 1.32 bits per heavy atom. The molecule has 1 aliphatic heterocycles. The minimum absolute atomic E-state index is 0.0154. The average molecular weight is 296 g/mol. The zero-order valence-corrected chi connectivity index (χ0v) is 12.3. The van der Waals surface area contributed by atoms with Gasteiger partial charge in [0.2, 0.25) is 5.91 Å². The highest BCUT2D eigenvalue weighted by atomic mass is 16.5. The fourth-order valence-corrected chi connectivity index (χ4v) is 2.48. The van der Waals surface area contributed by atoms with E-state index in [1.165, 1.54) is 0 Å². The number of aryl methyl sites for hydroxylation is 2. The lowest BCUT2D eigenvalue weighted by Crippen LogP contribution is -2.19. The van der Waals surface area contributed by atoms with Gasteiger partial charge in [-0.15, -0.1) is 0 Å². The lowest BCUT2D eigenvalue weighted by Gasteiger charge is -2.17. The number of fused-ring (bicyclic) bond motifs is 1. The van der Waals surface area contributed by atoms with E-state index >= 15 is 0 Å². The number of carbonyl (C=O) groups excluding carboxylic acids is 2. The molecule has 0 atom stereocenters. The van der Waals surface area contributed by atoms with E-state index in [0.717, 1.165) is 11.1 Å². The molecule has 5 nitrogen and oxygen atoms in total. The predicted octanol–water partition coefficient (Wildman–Crippen LogP) is 2.75. The van der Waals surface area contributed by atoms with Gasteiger partial charge in [0.05, 0.1) is 5.56 Å². The van der Waals surface area contributed by atoms with Crippen LogP contribution in [0.15, 0.2) is 36.7 Å². The summed E-state index contributed by atoms with van der Waals surface area (Å²) in [4.78, 5) is 27.7. The molecule has 1 N–H and O–H groups in total. The molecule has 22 heavy (non-hydrogen) atoms. The number of rotatable bonds is 3.